The maximum Gasteiger partial charge on any atom is 0.253 e. The number of anilines is 1. The second kappa shape index (κ2) is 4.81. The fourth-order valence-corrected chi connectivity index (χ4v) is 2.13. The van der Waals surface area contributed by atoms with Gasteiger partial charge in [-0.2, -0.15) is 0 Å². The van der Waals surface area contributed by atoms with E-state index in [0.717, 1.165) is 0 Å². The third-order valence-corrected chi connectivity index (χ3v) is 3.39. The van der Waals surface area contributed by atoms with Crippen LogP contribution in [0.5, 0.6) is 0 Å². The van der Waals surface area contributed by atoms with Crippen molar-refractivity contribution in [1.82, 2.24) is 5.32 Å². The number of hydrogen-bond acceptors (Lipinski definition) is 2. The molecular weight excluding hydrogens is 273 g/mol. The number of amides is 2. The third-order valence-electron chi connectivity index (χ3n) is 3.39. The van der Waals surface area contributed by atoms with E-state index in [1.54, 1.807) is 6.92 Å². The van der Waals surface area contributed by atoms with Crippen molar-refractivity contribution in [1.29, 1.82) is 0 Å². The van der Waals surface area contributed by atoms with Crippen LogP contribution in [0.25, 0.3) is 0 Å². The minimum atomic E-state index is -1.23. The summed E-state index contributed by atoms with van der Waals surface area (Å²) in [4.78, 5) is 24.6. The zero-order chi connectivity index (χ0) is 15.1. The highest BCUT2D eigenvalue weighted by molar-refractivity contribution is 6.09. The molecule has 1 aromatic rings. The standard InChI is InChI=1S/C13H13F3N2O2/c1-3-13(2)12(20)18(6-10(19)17-13)11-8(15)4-7(14)5-9(11)16/h4-5H,3,6H2,1-2H3,(H,17,19). The Morgan fingerprint density at radius 2 is 1.80 bits per heavy atom. The van der Waals surface area contributed by atoms with Crippen LogP contribution in [0.1, 0.15) is 20.3 Å². The Labute approximate surface area is 113 Å². The van der Waals surface area contributed by atoms with Gasteiger partial charge in [0.15, 0.2) is 11.6 Å². The molecule has 1 aliphatic rings. The molecule has 0 aromatic heterocycles. The molecule has 0 bridgehead atoms. The average molecular weight is 286 g/mol. The van der Waals surface area contributed by atoms with Gasteiger partial charge in [-0.1, -0.05) is 6.92 Å². The van der Waals surface area contributed by atoms with E-state index in [4.69, 9.17) is 0 Å². The van der Waals surface area contributed by atoms with Crippen LogP contribution in [-0.2, 0) is 9.59 Å². The van der Waals surface area contributed by atoms with Crippen LogP contribution >= 0.6 is 0 Å². The molecule has 0 radical (unpaired) electrons. The van der Waals surface area contributed by atoms with Gasteiger partial charge in [-0.05, 0) is 13.3 Å². The molecule has 0 aliphatic carbocycles. The van der Waals surface area contributed by atoms with Crippen LogP contribution in [0.3, 0.4) is 0 Å². The maximum absolute atomic E-state index is 13.7. The molecule has 1 saturated heterocycles. The highest BCUT2D eigenvalue weighted by atomic mass is 19.1. The number of carbonyl (C=O) groups excluding carboxylic acids is 2. The molecule has 1 aromatic carbocycles. The molecule has 1 N–H and O–H groups in total. The average Bonchev–Trinajstić information content (AvgIpc) is 2.34. The predicted molar refractivity (Wildman–Crippen MR) is 65.5 cm³/mol. The molecule has 2 rings (SSSR count). The fourth-order valence-electron chi connectivity index (χ4n) is 2.13. The largest absolute Gasteiger partial charge is 0.340 e. The summed E-state index contributed by atoms with van der Waals surface area (Å²) < 4.78 is 40.4. The second-order valence-electron chi connectivity index (χ2n) is 4.84. The molecule has 0 spiro atoms. The van der Waals surface area contributed by atoms with Gasteiger partial charge in [0, 0.05) is 12.1 Å². The number of rotatable bonds is 2. The Morgan fingerprint density at radius 3 is 2.30 bits per heavy atom. The van der Waals surface area contributed by atoms with Crippen LogP contribution in [0.4, 0.5) is 18.9 Å². The van der Waals surface area contributed by atoms with Crippen molar-refractivity contribution in [2.24, 2.45) is 0 Å². The van der Waals surface area contributed by atoms with Crippen molar-refractivity contribution in [3.63, 3.8) is 0 Å². The minimum Gasteiger partial charge on any atom is -0.340 e. The predicted octanol–water partition coefficient (Wildman–Crippen LogP) is 1.74. The first-order valence-corrected chi connectivity index (χ1v) is 6.06. The van der Waals surface area contributed by atoms with E-state index < -0.39 is 47.0 Å². The van der Waals surface area contributed by atoms with E-state index in [2.05, 4.69) is 5.32 Å². The monoisotopic (exact) mass is 286 g/mol. The van der Waals surface area contributed by atoms with E-state index in [-0.39, 0.29) is 6.42 Å². The highest BCUT2D eigenvalue weighted by Gasteiger charge is 2.43. The van der Waals surface area contributed by atoms with Crippen molar-refractivity contribution in [2.45, 2.75) is 25.8 Å². The summed E-state index contributed by atoms with van der Waals surface area (Å²) in [6.45, 7) is 2.63. The first-order chi connectivity index (χ1) is 9.28. The molecule has 1 fully saturated rings. The van der Waals surface area contributed by atoms with E-state index >= 15 is 0 Å². The molecule has 108 valence electrons. The summed E-state index contributed by atoms with van der Waals surface area (Å²) in [7, 11) is 0. The van der Waals surface area contributed by atoms with Crippen LogP contribution in [0.15, 0.2) is 12.1 Å². The molecule has 1 unspecified atom stereocenters. The van der Waals surface area contributed by atoms with Gasteiger partial charge in [0.25, 0.3) is 5.91 Å². The summed E-state index contributed by atoms with van der Waals surface area (Å²) in [6, 6.07) is 0.947. The number of piperazine rings is 1. The van der Waals surface area contributed by atoms with Gasteiger partial charge in [0.05, 0.1) is 0 Å². The van der Waals surface area contributed by atoms with Crippen LogP contribution < -0.4 is 10.2 Å². The molecule has 1 heterocycles. The van der Waals surface area contributed by atoms with Crippen molar-refractivity contribution in [3.8, 4) is 0 Å². The third kappa shape index (κ3) is 2.23. The second-order valence-corrected chi connectivity index (χ2v) is 4.84. The van der Waals surface area contributed by atoms with Gasteiger partial charge in [-0.3, -0.25) is 14.5 Å². The van der Waals surface area contributed by atoms with Crippen molar-refractivity contribution >= 4 is 17.5 Å². The van der Waals surface area contributed by atoms with E-state index in [0.29, 0.717) is 17.0 Å². The zero-order valence-corrected chi connectivity index (χ0v) is 11.0. The number of carbonyl (C=O) groups is 2. The van der Waals surface area contributed by atoms with Crippen LogP contribution in [-0.4, -0.2) is 23.9 Å². The van der Waals surface area contributed by atoms with Crippen molar-refractivity contribution < 1.29 is 22.8 Å². The summed E-state index contributed by atoms with van der Waals surface area (Å²) in [5.74, 6) is -4.69. The normalized spacial score (nSPS) is 22.9. The molecule has 1 atom stereocenters. The summed E-state index contributed by atoms with van der Waals surface area (Å²) >= 11 is 0. The number of hydrogen-bond donors (Lipinski definition) is 1. The minimum absolute atomic E-state index is 0.262. The Hall–Kier alpha value is -2.05. The first-order valence-electron chi connectivity index (χ1n) is 6.06. The first kappa shape index (κ1) is 14.4. The van der Waals surface area contributed by atoms with Crippen LogP contribution in [0, 0.1) is 17.5 Å². The SMILES string of the molecule is CCC1(C)NC(=O)CN(c2c(F)cc(F)cc2F)C1=O. The van der Waals surface area contributed by atoms with Gasteiger partial charge in [-0.15, -0.1) is 0 Å². The summed E-state index contributed by atoms with van der Waals surface area (Å²) in [5, 5.41) is 2.49. The van der Waals surface area contributed by atoms with Crippen molar-refractivity contribution in [3.05, 3.63) is 29.6 Å². The lowest BCUT2D eigenvalue weighted by molar-refractivity contribution is -0.135. The van der Waals surface area contributed by atoms with Crippen LogP contribution in [0.2, 0.25) is 0 Å². The topological polar surface area (TPSA) is 49.4 Å². The summed E-state index contributed by atoms with van der Waals surface area (Å²) in [5.41, 5.74) is -1.94. The highest BCUT2D eigenvalue weighted by Crippen LogP contribution is 2.29. The molecule has 4 nitrogen and oxygen atoms in total. The Balaban J connectivity index is 2.52. The lowest BCUT2D eigenvalue weighted by Gasteiger charge is -2.39. The number of halogens is 3. The molecule has 0 saturated carbocycles. The summed E-state index contributed by atoms with van der Waals surface area (Å²) in [6.07, 6.45) is 0.262. The Morgan fingerprint density at radius 1 is 1.25 bits per heavy atom. The van der Waals surface area contributed by atoms with E-state index in [1.807, 2.05) is 0 Å². The number of nitrogens with zero attached hydrogens (tertiary/aromatic N) is 1. The van der Waals surface area contributed by atoms with Gasteiger partial charge < -0.3 is 5.32 Å². The number of benzene rings is 1. The van der Waals surface area contributed by atoms with Gasteiger partial charge in [-0.25, -0.2) is 13.2 Å². The molecule has 1 aliphatic heterocycles. The smallest absolute Gasteiger partial charge is 0.253 e. The molecule has 2 amide bonds. The molecule has 20 heavy (non-hydrogen) atoms. The zero-order valence-electron chi connectivity index (χ0n) is 11.0. The lowest BCUT2D eigenvalue weighted by atomic mass is 9.94. The number of nitrogens with one attached hydrogen (secondary N) is 1. The van der Waals surface area contributed by atoms with E-state index in [9.17, 15) is 22.8 Å². The van der Waals surface area contributed by atoms with Gasteiger partial charge in [0.2, 0.25) is 5.91 Å². The fraction of sp³-hybridized carbons (Fsp3) is 0.385. The van der Waals surface area contributed by atoms with Crippen molar-refractivity contribution in [2.75, 3.05) is 11.4 Å². The quantitative estimate of drug-likeness (QED) is 0.900. The Bertz CT molecular complexity index is 568. The Kier molecular flexibility index (Phi) is 3.45. The van der Waals surface area contributed by atoms with Gasteiger partial charge >= 0.3 is 0 Å². The molecule has 7 heteroatoms. The maximum atomic E-state index is 13.7. The lowest BCUT2D eigenvalue weighted by Crippen LogP contribution is -2.65. The molecular formula is C13H13F3N2O2. The van der Waals surface area contributed by atoms with E-state index in [1.165, 1.54) is 6.92 Å². The van der Waals surface area contributed by atoms with Gasteiger partial charge in [0.1, 0.15) is 23.6 Å².